The van der Waals surface area contributed by atoms with Crippen LogP contribution in [-0.4, -0.2) is 36.0 Å². The van der Waals surface area contributed by atoms with Gasteiger partial charge in [-0.15, -0.1) is 0 Å². The van der Waals surface area contributed by atoms with Crippen molar-refractivity contribution in [3.8, 4) is 17.0 Å². The number of fused-ring (bicyclic) bond motifs is 1. The summed E-state index contributed by atoms with van der Waals surface area (Å²) < 4.78 is 43.0. The molecule has 2 saturated carbocycles. The molecule has 3 aliphatic rings. The third-order valence-electron chi connectivity index (χ3n) is 8.00. The quantitative estimate of drug-likeness (QED) is 0.354. The Labute approximate surface area is 215 Å². The maximum absolute atomic E-state index is 14.6. The first-order valence-electron chi connectivity index (χ1n) is 13.4. The first-order valence-corrected chi connectivity index (χ1v) is 13.4. The van der Waals surface area contributed by atoms with Crippen LogP contribution in [0.4, 0.5) is 19.3 Å². The summed E-state index contributed by atoms with van der Waals surface area (Å²) in [6.45, 7) is 1.36. The highest BCUT2D eigenvalue weighted by molar-refractivity contribution is 5.94. The zero-order chi connectivity index (χ0) is 25.4. The van der Waals surface area contributed by atoms with Gasteiger partial charge >= 0.3 is 6.03 Å². The molecule has 2 aliphatic carbocycles. The average molecular weight is 510 g/mol. The number of benzene rings is 2. The number of hydrogen-bond acceptors (Lipinski definition) is 3. The number of nitrogens with one attached hydrogen (secondary N) is 2. The van der Waals surface area contributed by atoms with E-state index < -0.39 is 6.43 Å². The number of anilines is 1. The van der Waals surface area contributed by atoms with Gasteiger partial charge in [-0.05, 0) is 68.4 Å². The van der Waals surface area contributed by atoms with E-state index in [-0.39, 0.29) is 29.8 Å². The second-order valence-corrected chi connectivity index (χ2v) is 10.4. The Hall–Kier alpha value is -3.13. The molecule has 2 heterocycles. The van der Waals surface area contributed by atoms with E-state index in [0.29, 0.717) is 35.7 Å². The van der Waals surface area contributed by atoms with Crippen LogP contribution in [0.15, 0.2) is 42.5 Å². The van der Waals surface area contributed by atoms with Crippen LogP contribution in [0.3, 0.4) is 0 Å². The van der Waals surface area contributed by atoms with Crippen LogP contribution in [0.25, 0.3) is 22.2 Å². The first-order chi connectivity index (χ1) is 18.1. The predicted molar refractivity (Wildman–Crippen MR) is 139 cm³/mol. The van der Waals surface area contributed by atoms with Crippen molar-refractivity contribution >= 4 is 22.6 Å². The first kappa shape index (κ1) is 24.2. The fourth-order valence-electron chi connectivity index (χ4n) is 5.53. The summed E-state index contributed by atoms with van der Waals surface area (Å²) in [7, 11) is 0. The van der Waals surface area contributed by atoms with Gasteiger partial charge in [0.1, 0.15) is 11.9 Å². The number of ether oxygens (including phenoxy) is 2. The van der Waals surface area contributed by atoms with Crippen LogP contribution >= 0.6 is 0 Å². The molecule has 2 amide bonds. The lowest BCUT2D eigenvalue weighted by Crippen LogP contribution is -2.41. The summed E-state index contributed by atoms with van der Waals surface area (Å²) >= 11 is 0. The molecule has 0 radical (unpaired) electrons. The number of nitrogens with zero attached hydrogens (tertiary/aromatic N) is 1. The molecular formula is C29H33F2N3O3. The molecule has 1 aliphatic heterocycles. The van der Waals surface area contributed by atoms with Crippen molar-refractivity contribution in [2.45, 2.75) is 76.0 Å². The van der Waals surface area contributed by atoms with Crippen LogP contribution in [0.5, 0.6) is 5.75 Å². The monoisotopic (exact) mass is 509 g/mol. The van der Waals surface area contributed by atoms with Gasteiger partial charge in [-0.3, -0.25) is 0 Å². The van der Waals surface area contributed by atoms with Crippen molar-refractivity contribution in [3.05, 3.63) is 48.0 Å². The molecule has 6 rings (SSSR count). The minimum absolute atomic E-state index is 0.0583. The molecule has 3 aromatic rings. The second kappa shape index (κ2) is 10.3. The van der Waals surface area contributed by atoms with Crippen molar-refractivity contribution in [1.29, 1.82) is 0 Å². The lowest BCUT2D eigenvalue weighted by Gasteiger charge is -2.30. The van der Waals surface area contributed by atoms with E-state index >= 15 is 0 Å². The van der Waals surface area contributed by atoms with Gasteiger partial charge in [-0.25, -0.2) is 13.6 Å². The van der Waals surface area contributed by atoms with E-state index in [1.807, 2.05) is 24.3 Å². The molecule has 0 bridgehead atoms. The third kappa shape index (κ3) is 4.91. The number of carbonyl (C=O) groups excluding carboxylic acids is 1. The summed E-state index contributed by atoms with van der Waals surface area (Å²) in [4.78, 5) is 12.3. The van der Waals surface area contributed by atoms with Crippen molar-refractivity contribution in [3.63, 3.8) is 0 Å². The number of rotatable bonds is 7. The molecule has 37 heavy (non-hydrogen) atoms. The number of alkyl halides is 2. The SMILES string of the molecule is O=C(Nc1ccc(-c2c(C(F)F)c3ccc(OC4CCOCC4)cc3n2C2CCC2)cc1)NC1CCC1. The predicted octanol–water partition coefficient (Wildman–Crippen LogP) is 7.20. The Bertz CT molecular complexity index is 1260. The number of amides is 2. The molecule has 2 aromatic carbocycles. The van der Waals surface area contributed by atoms with Crippen molar-refractivity contribution in [1.82, 2.24) is 9.88 Å². The molecule has 6 nitrogen and oxygen atoms in total. The van der Waals surface area contributed by atoms with E-state index in [9.17, 15) is 13.6 Å². The highest BCUT2D eigenvalue weighted by atomic mass is 19.3. The Morgan fingerprint density at radius 3 is 2.32 bits per heavy atom. The molecule has 0 atom stereocenters. The summed E-state index contributed by atoms with van der Waals surface area (Å²) in [6.07, 6.45) is 5.29. The van der Waals surface area contributed by atoms with Gasteiger partial charge in [0.15, 0.2) is 0 Å². The van der Waals surface area contributed by atoms with E-state index in [0.717, 1.165) is 62.4 Å². The van der Waals surface area contributed by atoms with Crippen molar-refractivity contribution in [2.24, 2.45) is 0 Å². The molecule has 3 fully saturated rings. The average Bonchev–Trinajstić information content (AvgIpc) is 3.16. The Balaban J connectivity index is 1.35. The summed E-state index contributed by atoms with van der Waals surface area (Å²) in [5, 5.41) is 6.38. The topological polar surface area (TPSA) is 64.5 Å². The molecule has 2 N–H and O–H groups in total. The molecule has 1 saturated heterocycles. The zero-order valence-corrected chi connectivity index (χ0v) is 20.8. The Kier molecular flexibility index (Phi) is 6.76. The summed E-state index contributed by atoms with van der Waals surface area (Å²) in [6, 6.07) is 12.9. The minimum atomic E-state index is -2.62. The Morgan fingerprint density at radius 1 is 0.973 bits per heavy atom. The standard InChI is InChI=1S/C29H33F2N3O3/c30-28(31)26-24-12-11-23(37-22-13-15-36-16-14-22)17-25(24)34(21-5-2-6-21)27(26)18-7-9-20(10-8-18)33-29(35)32-19-3-1-4-19/h7-12,17,19,21-22,28H,1-6,13-16H2,(H2,32,33,35). The highest BCUT2D eigenvalue weighted by Crippen LogP contribution is 2.46. The van der Waals surface area contributed by atoms with Crippen LogP contribution in [0.2, 0.25) is 0 Å². The molecule has 196 valence electrons. The third-order valence-corrected chi connectivity index (χ3v) is 8.00. The number of halogens is 2. The lowest BCUT2D eigenvalue weighted by atomic mass is 9.92. The molecule has 0 unspecified atom stereocenters. The van der Waals surface area contributed by atoms with Gasteiger partial charge < -0.3 is 24.7 Å². The van der Waals surface area contributed by atoms with Gasteiger partial charge in [0.05, 0.1) is 30.0 Å². The normalized spacial score (nSPS) is 19.0. The summed E-state index contributed by atoms with van der Waals surface area (Å²) in [5.74, 6) is 0.710. The fraction of sp³-hybridized carbons (Fsp3) is 0.483. The lowest BCUT2D eigenvalue weighted by molar-refractivity contribution is 0.0256. The van der Waals surface area contributed by atoms with Gasteiger partial charge in [0.25, 0.3) is 6.43 Å². The fourth-order valence-corrected chi connectivity index (χ4v) is 5.53. The van der Waals surface area contributed by atoms with E-state index in [2.05, 4.69) is 15.2 Å². The Morgan fingerprint density at radius 2 is 1.70 bits per heavy atom. The van der Waals surface area contributed by atoms with E-state index in [1.54, 1.807) is 18.2 Å². The maximum Gasteiger partial charge on any atom is 0.319 e. The van der Waals surface area contributed by atoms with Crippen molar-refractivity contribution in [2.75, 3.05) is 18.5 Å². The largest absolute Gasteiger partial charge is 0.490 e. The van der Waals surface area contributed by atoms with Gasteiger partial charge in [-0.2, -0.15) is 0 Å². The van der Waals surface area contributed by atoms with Gasteiger partial charge in [0, 0.05) is 42.1 Å². The molecule has 1 aromatic heterocycles. The minimum Gasteiger partial charge on any atom is -0.490 e. The molecule has 8 heteroatoms. The van der Waals surface area contributed by atoms with Crippen LogP contribution in [0.1, 0.15) is 69.4 Å². The van der Waals surface area contributed by atoms with Crippen molar-refractivity contribution < 1.29 is 23.0 Å². The van der Waals surface area contributed by atoms with Gasteiger partial charge in [0.2, 0.25) is 0 Å². The van der Waals surface area contributed by atoms with Gasteiger partial charge in [-0.1, -0.05) is 12.1 Å². The second-order valence-electron chi connectivity index (χ2n) is 10.4. The van der Waals surface area contributed by atoms with Crippen LogP contribution < -0.4 is 15.4 Å². The number of hydrogen-bond donors (Lipinski definition) is 2. The molecule has 0 spiro atoms. The van der Waals surface area contributed by atoms with Crippen LogP contribution in [-0.2, 0) is 4.74 Å². The smallest absolute Gasteiger partial charge is 0.319 e. The number of urea groups is 1. The van der Waals surface area contributed by atoms with E-state index in [4.69, 9.17) is 9.47 Å². The number of carbonyl (C=O) groups is 1. The molecular weight excluding hydrogens is 476 g/mol. The van der Waals surface area contributed by atoms with Crippen LogP contribution in [0, 0.1) is 0 Å². The maximum atomic E-state index is 14.6. The number of aromatic nitrogens is 1. The highest BCUT2D eigenvalue weighted by Gasteiger charge is 2.31. The van der Waals surface area contributed by atoms with E-state index in [1.165, 1.54) is 0 Å². The zero-order valence-electron chi connectivity index (χ0n) is 20.8. The summed E-state index contributed by atoms with van der Waals surface area (Å²) in [5.41, 5.74) is 2.76.